The van der Waals surface area contributed by atoms with Crippen LogP contribution in [0.2, 0.25) is 0 Å². The molecule has 0 fully saturated rings. The van der Waals surface area contributed by atoms with Crippen LogP contribution in [0.15, 0.2) is 36.4 Å². The number of urea groups is 1. The summed E-state index contributed by atoms with van der Waals surface area (Å²) in [5.74, 6) is 0. The van der Waals surface area contributed by atoms with Gasteiger partial charge in [-0.3, -0.25) is 0 Å². The summed E-state index contributed by atoms with van der Waals surface area (Å²) in [6.07, 6.45) is 0. The van der Waals surface area contributed by atoms with Crippen LogP contribution in [0.25, 0.3) is 0 Å². The normalized spacial score (nSPS) is 9.76. The number of carbonyl (C=O) groups is 1. The van der Waals surface area contributed by atoms with Crippen molar-refractivity contribution in [2.75, 3.05) is 16.4 Å². The maximum absolute atomic E-state index is 12.1. The van der Waals surface area contributed by atoms with Crippen LogP contribution in [0.3, 0.4) is 0 Å². The van der Waals surface area contributed by atoms with Crippen molar-refractivity contribution in [3.05, 3.63) is 53.1 Å². The Morgan fingerprint density at radius 2 is 1.95 bits per heavy atom. The van der Waals surface area contributed by atoms with Crippen molar-refractivity contribution in [3.8, 4) is 6.07 Å². The van der Waals surface area contributed by atoms with E-state index in [1.165, 1.54) is 0 Å². The molecule has 0 heterocycles. The summed E-state index contributed by atoms with van der Waals surface area (Å²) in [4.78, 5) is 12.1. The molecule has 0 aromatic heterocycles. The molecule has 0 saturated heterocycles. The number of anilines is 3. The molecule has 0 atom stereocenters. The Kier molecular flexibility index (Phi) is 4.10. The highest BCUT2D eigenvalue weighted by Gasteiger charge is 2.09. The van der Waals surface area contributed by atoms with Crippen LogP contribution < -0.4 is 16.4 Å². The van der Waals surface area contributed by atoms with Gasteiger partial charge >= 0.3 is 6.03 Å². The molecular formula is C16H16N4O. The fraction of sp³-hybridized carbons (Fsp3) is 0.125. The van der Waals surface area contributed by atoms with Gasteiger partial charge in [-0.15, -0.1) is 0 Å². The molecule has 5 nitrogen and oxygen atoms in total. The molecule has 2 amide bonds. The maximum Gasteiger partial charge on any atom is 0.323 e. The molecule has 2 aromatic rings. The lowest BCUT2D eigenvalue weighted by Crippen LogP contribution is -2.21. The molecule has 0 aliphatic heterocycles. The Bertz CT molecular complexity index is 732. The number of nitrogens with two attached hydrogens (primary N) is 1. The zero-order chi connectivity index (χ0) is 15.4. The fourth-order valence-corrected chi connectivity index (χ4v) is 2.00. The standard InChI is InChI=1S/C16H16N4O/c1-10-6-7-14(18)11(2)15(10)20-16(21)19-13-5-3-4-12(8-13)9-17/h3-8H,18H2,1-2H3,(H2,19,20,21). The predicted molar refractivity (Wildman–Crippen MR) is 84.1 cm³/mol. The fourth-order valence-electron chi connectivity index (χ4n) is 2.00. The molecular weight excluding hydrogens is 264 g/mol. The van der Waals surface area contributed by atoms with Gasteiger partial charge in [0.05, 0.1) is 17.3 Å². The molecule has 0 aliphatic rings. The average molecular weight is 280 g/mol. The van der Waals surface area contributed by atoms with E-state index in [-0.39, 0.29) is 6.03 Å². The molecule has 0 aliphatic carbocycles. The molecule has 21 heavy (non-hydrogen) atoms. The Hall–Kier alpha value is -3.00. The lowest BCUT2D eigenvalue weighted by molar-refractivity contribution is 0.262. The van der Waals surface area contributed by atoms with Gasteiger partial charge in [-0.2, -0.15) is 5.26 Å². The highest BCUT2D eigenvalue weighted by Crippen LogP contribution is 2.25. The molecule has 0 radical (unpaired) electrons. The van der Waals surface area contributed by atoms with Crippen LogP contribution in [-0.4, -0.2) is 6.03 Å². The molecule has 2 aromatic carbocycles. The second kappa shape index (κ2) is 5.97. The van der Waals surface area contributed by atoms with Crippen molar-refractivity contribution >= 4 is 23.1 Å². The third-order valence-corrected chi connectivity index (χ3v) is 3.20. The van der Waals surface area contributed by atoms with Crippen molar-refractivity contribution < 1.29 is 4.79 Å². The van der Waals surface area contributed by atoms with Crippen molar-refractivity contribution in [1.29, 1.82) is 5.26 Å². The van der Waals surface area contributed by atoms with E-state index in [9.17, 15) is 4.79 Å². The monoisotopic (exact) mass is 280 g/mol. The second-order valence-corrected chi connectivity index (χ2v) is 4.74. The van der Waals surface area contributed by atoms with Crippen LogP contribution in [0.5, 0.6) is 0 Å². The third kappa shape index (κ3) is 3.31. The quantitative estimate of drug-likeness (QED) is 0.736. The van der Waals surface area contributed by atoms with Crippen molar-refractivity contribution in [1.82, 2.24) is 0 Å². The van der Waals surface area contributed by atoms with Gasteiger partial charge < -0.3 is 16.4 Å². The van der Waals surface area contributed by atoms with Crippen molar-refractivity contribution in [2.45, 2.75) is 13.8 Å². The summed E-state index contributed by atoms with van der Waals surface area (Å²) in [7, 11) is 0. The molecule has 4 N–H and O–H groups in total. The number of aryl methyl sites for hydroxylation is 1. The lowest BCUT2D eigenvalue weighted by Gasteiger charge is -2.14. The van der Waals surface area contributed by atoms with Crippen LogP contribution in [0.1, 0.15) is 16.7 Å². The zero-order valence-electron chi connectivity index (χ0n) is 11.9. The number of benzene rings is 2. The van der Waals surface area contributed by atoms with E-state index >= 15 is 0 Å². The Morgan fingerprint density at radius 1 is 1.19 bits per heavy atom. The van der Waals surface area contributed by atoms with Gasteiger partial charge in [0.25, 0.3) is 0 Å². The summed E-state index contributed by atoms with van der Waals surface area (Å²) in [5, 5.41) is 14.3. The first-order valence-electron chi connectivity index (χ1n) is 6.45. The SMILES string of the molecule is Cc1ccc(N)c(C)c1NC(=O)Nc1cccc(C#N)c1. The molecule has 0 bridgehead atoms. The minimum absolute atomic E-state index is 0.373. The van der Waals surface area contributed by atoms with Gasteiger partial charge in [0.1, 0.15) is 0 Å². The minimum Gasteiger partial charge on any atom is -0.398 e. The van der Waals surface area contributed by atoms with E-state index in [2.05, 4.69) is 10.6 Å². The summed E-state index contributed by atoms with van der Waals surface area (Å²) in [6, 6.07) is 12.0. The Balaban J connectivity index is 2.16. The largest absolute Gasteiger partial charge is 0.398 e. The van der Waals surface area contributed by atoms with Gasteiger partial charge in [0, 0.05) is 11.4 Å². The number of rotatable bonds is 2. The third-order valence-electron chi connectivity index (χ3n) is 3.20. The Labute approximate surface area is 123 Å². The molecule has 0 saturated carbocycles. The second-order valence-electron chi connectivity index (χ2n) is 4.74. The van der Waals surface area contributed by atoms with E-state index in [1.807, 2.05) is 32.0 Å². The van der Waals surface area contributed by atoms with Gasteiger partial charge in [-0.1, -0.05) is 12.1 Å². The number of hydrogen-bond acceptors (Lipinski definition) is 3. The average Bonchev–Trinajstić information content (AvgIpc) is 2.48. The molecule has 0 unspecified atom stereocenters. The molecule has 0 spiro atoms. The van der Waals surface area contributed by atoms with E-state index in [4.69, 9.17) is 11.0 Å². The van der Waals surface area contributed by atoms with E-state index < -0.39 is 0 Å². The van der Waals surface area contributed by atoms with Crippen LogP contribution in [0.4, 0.5) is 21.9 Å². The number of hydrogen-bond donors (Lipinski definition) is 3. The highest BCUT2D eigenvalue weighted by atomic mass is 16.2. The predicted octanol–water partition coefficient (Wildman–Crippen LogP) is 3.40. The zero-order valence-corrected chi connectivity index (χ0v) is 11.9. The van der Waals surface area contributed by atoms with Gasteiger partial charge in [0.15, 0.2) is 0 Å². The van der Waals surface area contributed by atoms with Crippen molar-refractivity contribution in [2.24, 2.45) is 0 Å². The summed E-state index contributed by atoms with van der Waals surface area (Å²) in [5.41, 5.74) is 9.99. The van der Waals surface area contributed by atoms with Gasteiger partial charge in [0.2, 0.25) is 0 Å². The summed E-state index contributed by atoms with van der Waals surface area (Å²) >= 11 is 0. The lowest BCUT2D eigenvalue weighted by atomic mass is 10.1. The highest BCUT2D eigenvalue weighted by molar-refractivity contribution is 6.01. The first-order valence-corrected chi connectivity index (χ1v) is 6.45. The molecule has 5 heteroatoms. The smallest absolute Gasteiger partial charge is 0.323 e. The number of nitrogens with one attached hydrogen (secondary N) is 2. The van der Waals surface area contributed by atoms with Crippen LogP contribution in [-0.2, 0) is 0 Å². The first kappa shape index (κ1) is 14.4. The number of nitrogen functional groups attached to an aromatic ring is 1. The number of amides is 2. The summed E-state index contributed by atoms with van der Waals surface area (Å²) in [6.45, 7) is 3.76. The van der Waals surface area contributed by atoms with E-state index in [1.54, 1.807) is 24.3 Å². The van der Waals surface area contributed by atoms with Crippen molar-refractivity contribution in [3.63, 3.8) is 0 Å². The molecule has 106 valence electrons. The van der Waals surface area contributed by atoms with Crippen LogP contribution >= 0.6 is 0 Å². The van der Waals surface area contributed by atoms with Crippen LogP contribution in [0, 0.1) is 25.2 Å². The van der Waals surface area contributed by atoms with E-state index in [0.717, 1.165) is 11.1 Å². The summed E-state index contributed by atoms with van der Waals surface area (Å²) < 4.78 is 0. The maximum atomic E-state index is 12.1. The number of nitriles is 1. The topological polar surface area (TPSA) is 90.9 Å². The number of carbonyl (C=O) groups excluding carboxylic acids is 1. The Morgan fingerprint density at radius 3 is 2.67 bits per heavy atom. The van der Waals surface area contributed by atoms with E-state index in [0.29, 0.717) is 22.6 Å². The minimum atomic E-state index is -0.373. The molecule has 2 rings (SSSR count). The number of nitrogens with zero attached hydrogens (tertiary/aromatic N) is 1. The van der Waals surface area contributed by atoms with Gasteiger partial charge in [-0.05, 0) is 49.2 Å². The first-order chi connectivity index (χ1) is 10.0. The van der Waals surface area contributed by atoms with Gasteiger partial charge in [-0.25, -0.2) is 4.79 Å².